The van der Waals surface area contributed by atoms with Crippen LogP contribution in [0.5, 0.6) is 0 Å². The number of carbonyl (C=O) groups is 2. The van der Waals surface area contributed by atoms with Crippen LogP contribution in [0.4, 0.5) is 5.00 Å². The zero-order chi connectivity index (χ0) is 14.5. The van der Waals surface area contributed by atoms with Crippen LogP contribution >= 0.6 is 11.3 Å². The highest BCUT2D eigenvalue weighted by atomic mass is 32.1. The molecule has 1 aromatic heterocycles. The smallest absolute Gasteiger partial charge is 0.328 e. The van der Waals surface area contributed by atoms with Crippen molar-refractivity contribution in [3.8, 4) is 6.07 Å². The lowest BCUT2D eigenvalue weighted by atomic mass is 10.1. The van der Waals surface area contributed by atoms with Gasteiger partial charge in [0.2, 0.25) is 5.91 Å². The predicted octanol–water partition coefficient (Wildman–Crippen LogP) is 2.47. The van der Waals surface area contributed by atoms with Gasteiger partial charge < -0.3 is 10.4 Å². The molecule has 0 aromatic carbocycles. The van der Waals surface area contributed by atoms with E-state index in [4.69, 9.17) is 5.11 Å². The maximum atomic E-state index is 11.6. The van der Waals surface area contributed by atoms with Gasteiger partial charge >= 0.3 is 5.97 Å². The molecule has 0 spiro atoms. The first-order chi connectivity index (χ1) is 9.61. The first kappa shape index (κ1) is 14.3. The van der Waals surface area contributed by atoms with E-state index in [0.29, 0.717) is 10.6 Å². The van der Waals surface area contributed by atoms with Crippen molar-refractivity contribution in [2.45, 2.75) is 32.1 Å². The number of hydrogen-bond acceptors (Lipinski definition) is 4. The average molecular weight is 290 g/mol. The Hall–Kier alpha value is -2.13. The average Bonchev–Trinajstić information content (AvgIpc) is 2.58. The van der Waals surface area contributed by atoms with Crippen LogP contribution in [0.3, 0.4) is 0 Å². The summed E-state index contributed by atoms with van der Waals surface area (Å²) < 4.78 is 0. The number of nitrogens with one attached hydrogen (secondary N) is 1. The lowest BCUT2D eigenvalue weighted by Gasteiger charge is -2.00. The summed E-state index contributed by atoms with van der Waals surface area (Å²) in [6, 6.07) is 2.16. The molecule has 1 aliphatic rings. The van der Waals surface area contributed by atoms with Gasteiger partial charge in [-0.25, -0.2) is 4.79 Å². The Bertz CT molecular complexity index is 611. The first-order valence-corrected chi connectivity index (χ1v) is 7.20. The van der Waals surface area contributed by atoms with Crippen LogP contribution in [0.2, 0.25) is 0 Å². The predicted molar refractivity (Wildman–Crippen MR) is 75.7 cm³/mol. The second-order valence-electron chi connectivity index (χ2n) is 4.54. The Balaban J connectivity index is 2.23. The van der Waals surface area contributed by atoms with E-state index in [9.17, 15) is 14.9 Å². The van der Waals surface area contributed by atoms with Crippen LogP contribution in [0.25, 0.3) is 0 Å². The Morgan fingerprint density at radius 2 is 2.00 bits per heavy atom. The van der Waals surface area contributed by atoms with Gasteiger partial charge in [-0.15, -0.1) is 11.3 Å². The third-order valence-electron chi connectivity index (χ3n) is 3.15. The van der Waals surface area contributed by atoms with Crippen molar-refractivity contribution in [1.82, 2.24) is 0 Å². The zero-order valence-electron chi connectivity index (χ0n) is 10.8. The van der Waals surface area contributed by atoms with Crippen LogP contribution in [-0.2, 0) is 22.4 Å². The summed E-state index contributed by atoms with van der Waals surface area (Å²) in [7, 11) is 0. The summed E-state index contributed by atoms with van der Waals surface area (Å²) in [4.78, 5) is 23.1. The molecule has 0 saturated heterocycles. The molecule has 0 radical (unpaired) electrons. The van der Waals surface area contributed by atoms with E-state index < -0.39 is 11.9 Å². The molecule has 0 unspecified atom stereocenters. The van der Waals surface area contributed by atoms with Gasteiger partial charge in [-0.05, 0) is 31.2 Å². The number of fused-ring (bicyclic) bond motifs is 1. The van der Waals surface area contributed by atoms with Crippen LogP contribution < -0.4 is 5.32 Å². The van der Waals surface area contributed by atoms with Crippen molar-refractivity contribution in [1.29, 1.82) is 5.26 Å². The van der Waals surface area contributed by atoms with Gasteiger partial charge in [0.25, 0.3) is 0 Å². The Labute approximate surface area is 120 Å². The Kier molecular flexibility index (Phi) is 4.53. The van der Waals surface area contributed by atoms with E-state index in [-0.39, 0.29) is 0 Å². The number of aryl methyl sites for hydroxylation is 1. The Morgan fingerprint density at radius 3 is 2.70 bits per heavy atom. The number of carboxylic acid groups (broad SMARTS) is 1. The summed E-state index contributed by atoms with van der Waals surface area (Å²) in [5.74, 6) is -1.71. The maximum absolute atomic E-state index is 11.6. The van der Waals surface area contributed by atoms with E-state index in [1.807, 2.05) is 0 Å². The number of carbonyl (C=O) groups excluding carboxylic acids is 1. The van der Waals surface area contributed by atoms with Crippen molar-refractivity contribution >= 4 is 28.2 Å². The molecule has 0 bridgehead atoms. The molecule has 0 saturated carbocycles. The van der Waals surface area contributed by atoms with Gasteiger partial charge in [0.15, 0.2) is 0 Å². The fraction of sp³-hybridized carbons (Fsp3) is 0.357. The standard InChI is InChI=1S/C14H14N2O3S/c15-8-10-9-4-2-1-3-5-11(9)20-14(10)16-12(17)6-7-13(18)19/h6-7H,1-5H2,(H,16,17)(H,18,19)/b7-6+. The second-order valence-corrected chi connectivity index (χ2v) is 5.65. The monoisotopic (exact) mass is 290 g/mol. The molecule has 0 aliphatic heterocycles. The minimum atomic E-state index is -1.18. The van der Waals surface area contributed by atoms with Gasteiger partial charge in [-0.2, -0.15) is 5.26 Å². The first-order valence-electron chi connectivity index (χ1n) is 6.38. The highest BCUT2D eigenvalue weighted by Crippen LogP contribution is 2.36. The van der Waals surface area contributed by atoms with Crippen molar-refractivity contribution in [3.05, 3.63) is 28.2 Å². The summed E-state index contributed by atoms with van der Waals surface area (Å²) in [5, 5.41) is 20.9. The highest BCUT2D eigenvalue weighted by Gasteiger charge is 2.20. The van der Waals surface area contributed by atoms with Gasteiger partial charge in [0, 0.05) is 17.0 Å². The molecular weight excluding hydrogens is 276 g/mol. The van der Waals surface area contributed by atoms with E-state index in [2.05, 4.69) is 11.4 Å². The van der Waals surface area contributed by atoms with Crippen LogP contribution in [-0.4, -0.2) is 17.0 Å². The van der Waals surface area contributed by atoms with E-state index in [1.165, 1.54) is 11.3 Å². The highest BCUT2D eigenvalue weighted by molar-refractivity contribution is 7.16. The van der Waals surface area contributed by atoms with E-state index in [0.717, 1.165) is 54.7 Å². The lowest BCUT2D eigenvalue weighted by Crippen LogP contribution is -2.08. The number of nitriles is 1. The van der Waals surface area contributed by atoms with Crippen molar-refractivity contribution in [2.75, 3.05) is 5.32 Å². The van der Waals surface area contributed by atoms with Crippen LogP contribution in [0, 0.1) is 11.3 Å². The molecule has 1 aromatic rings. The summed E-state index contributed by atoms with van der Waals surface area (Å²) >= 11 is 1.43. The van der Waals surface area contributed by atoms with Crippen LogP contribution in [0.15, 0.2) is 12.2 Å². The third-order valence-corrected chi connectivity index (χ3v) is 4.35. The molecule has 0 atom stereocenters. The number of carboxylic acids is 1. The minimum Gasteiger partial charge on any atom is -0.478 e. The SMILES string of the molecule is N#Cc1c(NC(=O)/C=C/C(=O)O)sc2c1CCCCC2. The van der Waals surface area contributed by atoms with Crippen molar-refractivity contribution in [2.24, 2.45) is 0 Å². The van der Waals surface area contributed by atoms with Gasteiger partial charge in [0.1, 0.15) is 11.1 Å². The fourth-order valence-corrected chi connectivity index (χ4v) is 3.49. The van der Waals surface area contributed by atoms with Gasteiger partial charge in [0.05, 0.1) is 5.56 Å². The van der Waals surface area contributed by atoms with Crippen molar-refractivity contribution in [3.63, 3.8) is 0 Å². The number of hydrogen-bond donors (Lipinski definition) is 2. The molecular formula is C14H14N2O3S. The van der Waals surface area contributed by atoms with Gasteiger partial charge in [-0.1, -0.05) is 6.42 Å². The summed E-state index contributed by atoms with van der Waals surface area (Å²) in [6.07, 6.45) is 6.87. The molecule has 1 amide bonds. The number of anilines is 1. The lowest BCUT2D eigenvalue weighted by molar-refractivity contribution is -0.131. The number of rotatable bonds is 3. The van der Waals surface area contributed by atoms with E-state index in [1.54, 1.807) is 0 Å². The molecule has 0 fully saturated rings. The summed E-state index contributed by atoms with van der Waals surface area (Å²) in [5.41, 5.74) is 1.58. The molecule has 5 nitrogen and oxygen atoms in total. The van der Waals surface area contributed by atoms with E-state index >= 15 is 0 Å². The summed E-state index contributed by atoms with van der Waals surface area (Å²) in [6.45, 7) is 0. The van der Waals surface area contributed by atoms with Crippen LogP contribution in [0.1, 0.15) is 35.3 Å². The topological polar surface area (TPSA) is 90.2 Å². The number of amides is 1. The Morgan fingerprint density at radius 1 is 1.25 bits per heavy atom. The van der Waals surface area contributed by atoms with Crippen molar-refractivity contribution < 1.29 is 14.7 Å². The number of thiophene rings is 1. The molecule has 20 heavy (non-hydrogen) atoms. The third kappa shape index (κ3) is 3.25. The molecule has 2 N–H and O–H groups in total. The molecule has 1 heterocycles. The molecule has 1 aliphatic carbocycles. The largest absolute Gasteiger partial charge is 0.478 e. The maximum Gasteiger partial charge on any atom is 0.328 e. The minimum absolute atomic E-state index is 0.527. The van der Waals surface area contributed by atoms with Gasteiger partial charge in [-0.3, -0.25) is 4.79 Å². The molecule has 6 heteroatoms. The quantitative estimate of drug-likeness (QED) is 0.661. The normalized spacial score (nSPS) is 14.3. The second kappa shape index (κ2) is 6.35. The molecule has 2 rings (SSSR count). The fourth-order valence-electron chi connectivity index (χ4n) is 2.25. The zero-order valence-corrected chi connectivity index (χ0v) is 11.6. The molecule has 104 valence electrons. The number of nitrogens with zero attached hydrogens (tertiary/aromatic N) is 1. The number of aliphatic carboxylic acids is 1.